The molecule has 0 aliphatic carbocycles. The average Bonchev–Trinajstić information content (AvgIpc) is 2.80. The van der Waals surface area contributed by atoms with Gasteiger partial charge < -0.3 is 15.1 Å². The Kier molecular flexibility index (Phi) is 6.49. The van der Waals surface area contributed by atoms with E-state index in [1.165, 1.54) is 35.4 Å². The summed E-state index contributed by atoms with van der Waals surface area (Å²) < 4.78 is 1.26. The van der Waals surface area contributed by atoms with Crippen LogP contribution in [0.15, 0.2) is 15.9 Å². The summed E-state index contributed by atoms with van der Waals surface area (Å²) in [6.45, 7) is 6.80. The number of rotatable bonds is 6. The van der Waals surface area contributed by atoms with Crippen molar-refractivity contribution in [2.24, 2.45) is 0 Å². The van der Waals surface area contributed by atoms with Crippen molar-refractivity contribution in [1.29, 1.82) is 0 Å². The number of nitrogens with zero attached hydrogens (tertiary/aromatic N) is 2. The van der Waals surface area contributed by atoms with Crippen LogP contribution in [0.4, 0.5) is 0 Å². The van der Waals surface area contributed by atoms with Crippen molar-refractivity contribution in [1.82, 2.24) is 15.1 Å². The zero-order valence-electron chi connectivity index (χ0n) is 12.7. The summed E-state index contributed by atoms with van der Waals surface area (Å²) in [6, 6.07) is 3.38. The molecule has 0 spiro atoms. The highest BCUT2D eigenvalue weighted by molar-refractivity contribution is 9.10. The number of halogens is 1. The molecule has 1 fully saturated rings. The van der Waals surface area contributed by atoms with E-state index in [2.05, 4.69) is 63.5 Å². The zero-order valence-corrected chi connectivity index (χ0v) is 15.1. The normalized spacial score (nSPS) is 23.1. The molecular formula is C15H26BrN3S. The van der Waals surface area contributed by atoms with Gasteiger partial charge in [0.25, 0.3) is 0 Å². The van der Waals surface area contributed by atoms with Crippen LogP contribution in [0.2, 0.25) is 0 Å². The van der Waals surface area contributed by atoms with E-state index in [4.69, 9.17) is 0 Å². The molecule has 2 atom stereocenters. The van der Waals surface area contributed by atoms with Crippen LogP contribution in [0.25, 0.3) is 0 Å². The Bertz CT molecular complexity index is 410. The Morgan fingerprint density at radius 1 is 1.45 bits per heavy atom. The van der Waals surface area contributed by atoms with Crippen molar-refractivity contribution in [3.05, 3.63) is 20.8 Å². The van der Waals surface area contributed by atoms with Crippen LogP contribution in [0.1, 0.15) is 18.2 Å². The van der Waals surface area contributed by atoms with Crippen molar-refractivity contribution in [2.45, 2.75) is 31.8 Å². The number of likely N-dealkylation sites (N-methyl/N-ethyl adjacent to an activating group) is 3. The molecule has 1 aliphatic heterocycles. The van der Waals surface area contributed by atoms with E-state index in [1.54, 1.807) is 0 Å². The minimum atomic E-state index is 0.564. The molecule has 1 aromatic rings. The van der Waals surface area contributed by atoms with Gasteiger partial charge in [0.2, 0.25) is 0 Å². The molecule has 2 unspecified atom stereocenters. The van der Waals surface area contributed by atoms with Crippen LogP contribution in [0, 0.1) is 0 Å². The SMILES string of the molecule is CCNC(Cc1sccc1Br)CC1CN(C)CCN1C. The van der Waals surface area contributed by atoms with E-state index in [-0.39, 0.29) is 0 Å². The lowest BCUT2D eigenvalue weighted by Gasteiger charge is -2.39. The minimum absolute atomic E-state index is 0.564. The van der Waals surface area contributed by atoms with Gasteiger partial charge in [-0.05, 0) is 60.9 Å². The molecule has 0 bridgehead atoms. The molecule has 1 N–H and O–H groups in total. The number of hydrogen-bond acceptors (Lipinski definition) is 4. The summed E-state index contributed by atoms with van der Waals surface area (Å²) in [4.78, 5) is 6.44. The first-order chi connectivity index (χ1) is 9.60. The first kappa shape index (κ1) is 16.4. The fourth-order valence-corrected chi connectivity index (χ4v) is 4.50. The standard InChI is InChI=1S/C15H26BrN3S/c1-4-17-12(10-15-14(16)5-8-20-15)9-13-11-18(2)6-7-19(13)3/h5,8,12-13,17H,4,6-7,9-11H2,1-3H3. The minimum Gasteiger partial charge on any atom is -0.314 e. The summed E-state index contributed by atoms with van der Waals surface area (Å²) in [7, 11) is 4.50. The molecule has 0 aromatic carbocycles. The van der Waals surface area contributed by atoms with Crippen LogP contribution in [0.5, 0.6) is 0 Å². The Balaban J connectivity index is 1.96. The van der Waals surface area contributed by atoms with Crippen molar-refractivity contribution in [2.75, 3.05) is 40.3 Å². The Morgan fingerprint density at radius 3 is 2.90 bits per heavy atom. The van der Waals surface area contributed by atoms with Crippen LogP contribution in [-0.4, -0.2) is 62.2 Å². The molecular weight excluding hydrogens is 334 g/mol. The highest BCUT2D eigenvalue weighted by Gasteiger charge is 2.25. The highest BCUT2D eigenvalue weighted by Crippen LogP contribution is 2.25. The van der Waals surface area contributed by atoms with Gasteiger partial charge in [0.05, 0.1) is 0 Å². The van der Waals surface area contributed by atoms with E-state index in [0.29, 0.717) is 12.1 Å². The summed E-state index contributed by atoms with van der Waals surface area (Å²) in [5, 5.41) is 5.84. The van der Waals surface area contributed by atoms with Gasteiger partial charge in [0, 0.05) is 41.1 Å². The van der Waals surface area contributed by atoms with Crippen molar-refractivity contribution < 1.29 is 0 Å². The number of nitrogens with one attached hydrogen (secondary N) is 1. The van der Waals surface area contributed by atoms with Gasteiger partial charge >= 0.3 is 0 Å². The monoisotopic (exact) mass is 359 g/mol. The maximum absolute atomic E-state index is 3.67. The topological polar surface area (TPSA) is 18.5 Å². The third kappa shape index (κ3) is 4.53. The maximum Gasteiger partial charge on any atom is 0.0314 e. The lowest BCUT2D eigenvalue weighted by Crippen LogP contribution is -2.52. The molecule has 3 nitrogen and oxygen atoms in total. The fraction of sp³-hybridized carbons (Fsp3) is 0.733. The Morgan fingerprint density at radius 2 is 2.25 bits per heavy atom. The van der Waals surface area contributed by atoms with E-state index in [1.807, 2.05) is 11.3 Å². The Labute approximate surface area is 135 Å². The third-order valence-corrected chi connectivity index (χ3v) is 6.10. The van der Waals surface area contributed by atoms with Gasteiger partial charge in [-0.3, -0.25) is 0 Å². The van der Waals surface area contributed by atoms with Gasteiger partial charge in [-0.2, -0.15) is 0 Å². The molecule has 1 saturated heterocycles. The lowest BCUT2D eigenvalue weighted by atomic mass is 10.0. The highest BCUT2D eigenvalue weighted by atomic mass is 79.9. The molecule has 114 valence electrons. The smallest absolute Gasteiger partial charge is 0.0314 e. The van der Waals surface area contributed by atoms with Crippen LogP contribution in [0.3, 0.4) is 0 Å². The second-order valence-electron chi connectivity index (χ2n) is 5.78. The number of piperazine rings is 1. The molecule has 5 heteroatoms. The van der Waals surface area contributed by atoms with Gasteiger partial charge in [0.15, 0.2) is 0 Å². The summed E-state index contributed by atoms with van der Waals surface area (Å²) in [5.41, 5.74) is 0. The summed E-state index contributed by atoms with van der Waals surface area (Å²) in [6.07, 6.45) is 2.35. The van der Waals surface area contributed by atoms with E-state index in [9.17, 15) is 0 Å². The molecule has 20 heavy (non-hydrogen) atoms. The quantitative estimate of drug-likeness (QED) is 0.842. The molecule has 2 rings (SSSR count). The second-order valence-corrected chi connectivity index (χ2v) is 7.64. The second kappa shape index (κ2) is 7.90. The summed E-state index contributed by atoms with van der Waals surface area (Å²) >= 11 is 5.51. The van der Waals surface area contributed by atoms with Crippen LogP contribution in [-0.2, 0) is 6.42 Å². The number of hydrogen-bond donors (Lipinski definition) is 1. The average molecular weight is 360 g/mol. The van der Waals surface area contributed by atoms with Gasteiger partial charge in [-0.25, -0.2) is 0 Å². The lowest BCUT2D eigenvalue weighted by molar-refractivity contribution is 0.101. The molecule has 2 heterocycles. The maximum atomic E-state index is 3.67. The largest absolute Gasteiger partial charge is 0.314 e. The zero-order chi connectivity index (χ0) is 14.5. The van der Waals surface area contributed by atoms with Crippen molar-refractivity contribution in [3.8, 4) is 0 Å². The molecule has 0 radical (unpaired) electrons. The van der Waals surface area contributed by atoms with Crippen LogP contribution >= 0.6 is 27.3 Å². The van der Waals surface area contributed by atoms with E-state index >= 15 is 0 Å². The number of thiophene rings is 1. The fourth-order valence-electron chi connectivity index (χ4n) is 2.91. The third-order valence-electron chi connectivity index (χ3n) is 4.15. The molecule has 0 amide bonds. The van der Waals surface area contributed by atoms with Crippen molar-refractivity contribution >= 4 is 27.3 Å². The van der Waals surface area contributed by atoms with Crippen molar-refractivity contribution in [3.63, 3.8) is 0 Å². The molecule has 1 aromatic heterocycles. The Hall–Kier alpha value is 0.0600. The van der Waals surface area contributed by atoms with Gasteiger partial charge in [-0.1, -0.05) is 6.92 Å². The predicted octanol–water partition coefficient (Wildman–Crippen LogP) is 2.67. The first-order valence-electron chi connectivity index (χ1n) is 7.44. The predicted molar refractivity (Wildman–Crippen MR) is 91.7 cm³/mol. The van der Waals surface area contributed by atoms with E-state index in [0.717, 1.165) is 13.0 Å². The van der Waals surface area contributed by atoms with Gasteiger partial charge in [0.1, 0.15) is 0 Å². The molecule has 1 aliphatic rings. The molecule has 0 saturated carbocycles. The first-order valence-corrected chi connectivity index (χ1v) is 9.11. The van der Waals surface area contributed by atoms with Gasteiger partial charge in [-0.15, -0.1) is 11.3 Å². The van der Waals surface area contributed by atoms with E-state index < -0.39 is 0 Å². The summed E-state index contributed by atoms with van der Waals surface area (Å²) in [5.74, 6) is 0. The van der Waals surface area contributed by atoms with Crippen LogP contribution < -0.4 is 5.32 Å².